The van der Waals surface area contributed by atoms with Crippen LogP contribution >= 0.6 is 0 Å². The van der Waals surface area contributed by atoms with Gasteiger partial charge in [-0.2, -0.15) is 0 Å². The molecule has 2 aromatic heterocycles. The molecular weight excluding hydrogens is 336 g/mol. The predicted molar refractivity (Wildman–Crippen MR) is 107 cm³/mol. The Morgan fingerprint density at radius 1 is 1.00 bits per heavy atom. The zero-order valence-electron chi connectivity index (χ0n) is 15.8. The standard InChI is InChI=1S/C22H24N4O/c1-3-25(4-2)14-19-15-27-22(24-19)18-11-9-17(10-12-18)13-26-16-23-20-7-5-6-8-21(20)26/h5-12,15-16H,3-4,13-14H2,1-2H3. The van der Waals surface area contributed by atoms with E-state index in [0.29, 0.717) is 5.89 Å². The monoisotopic (exact) mass is 360 g/mol. The van der Waals surface area contributed by atoms with Gasteiger partial charge in [0, 0.05) is 18.7 Å². The van der Waals surface area contributed by atoms with Crippen LogP contribution in [0, 0.1) is 0 Å². The van der Waals surface area contributed by atoms with Gasteiger partial charge in [0.1, 0.15) is 6.26 Å². The minimum absolute atomic E-state index is 0.678. The molecule has 4 rings (SSSR count). The average molecular weight is 360 g/mol. The predicted octanol–water partition coefficient (Wildman–Crippen LogP) is 4.58. The average Bonchev–Trinajstić information content (AvgIpc) is 3.34. The van der Waals surface area contributed by atoms with E-state index in [9.17, 15) is 0 Å². The molecule has 0 aliphatic carbocycles. The fraction of sp³-hybridized carbons (Fsp3) is 0.273. The highest BCUT2D eigenvalue weighted by atomic mass is 16.3. The Hall–Kier alpha value is -2.92. The number of benzene rings is 2. The molecule has 0 saturated heterocycles. The van der Waals surface area contributed by atoms with Gasteiger partial charge in [0.25, 0.3) is 0 Å². The van der Waals surface area contributed by atoms with Gasteiger partial charge in [-0.3, -0.25) is 4.90 Å². The quantitative estimate of drug-likeness (QED) is 0.484. The van der Waals surface area contributed by atoms with E-state index in [-0.39, 0.29) is 0 Å². The third-order valence-corrected chi connectivity index (χ3v) is 4.91. The van der Waals surface area contributed by atoms with E-state index in [1.165, 1.54) is 5.56 Å². The molecule has 0 amide bonds. The van der Waals surface area contributed by atoms with Gasteiger partial charge in [0.15, 0.2) is 0 Å². The Labute approximate surface area is 159 Å². The van der Waals surface area contributed by atoms with E-state index in [4.69, 9.17) is 4.42 Å². The van der Waals surface area contributed by atoms with Crippen LogP contribution in [-0.4, -0.2) is 32.5 Å². The second kappa shape index (κ2) is 7.76. The number of rotatable bonds is 7. The Morgan fingerprint density at radius 2 is 1.78 bits per heavy atom. The number of para-hydroxylation sites is 2. The first-order valence-corrected chi connectivity index (χ1v) is 9.42. The number of aromatic nitrogens is 3. The van der Waals surface area contributed by atoms with Gasteiger partial charge in [-0.25, -0.2) is 9.97 Å². The third kappa shape index (κ3) is 3.78. The van der Waals surface area contributed by atoms with Crippen LogP contribution < -0.4 is 0 Å². The fourth-order valence-electron chi connectivity index (χ4n) is 3.27. The smallest absolute Gasteiger partial charge is 0.226 e. The highest BCUT2D eigenvalue weighted by molar-refractivity contribution is 5.75. The van der Waals surface area contributed by atoms with E-state index in [1.807, 2.05) is 24.5 Å². The van der Waals surface area contributed by atoms with Gasteiger partial charge in [-0.15, -0.1) is 0 Å². The van der Waals surface area contributed by atoms with Crippen LogP contribution in [0.1, 0.15) is 25.1 Å². The van der Waals surface area contributed by atoms with Crippen LogP contribution in [0.25, 0.3) is 22.5 Å². The summed E-state index contributed by atoms with van der Waals surface area (Å²) in [5.41, 5.74) is 5.37. The lowest BCUT2D eigenvalue weighted by Gasteiger charge is -2.15. The first-order chi connectivity index (χ1) is 13.3. The molecular formula is C22H24N4O. The number of nitrogens with zero attached hydrogens (tertiary/aromatic N) is 4. The van der Waals surface area contributed by atoms with Crippen molar-refractivity contribution in [2.24, 2.45) is 0 Å². The largest absolute Gasteiger partial charge is 0.444 e. The van der Waals surface area contributed by atoms with Crippen LogP contribution in [0.15, 0.2) is 65.5 Å². The highest BCUT2D eigenvalue weighted by Gasteiger charge is 2.10. The SMILES string of the molecule is CCN(CC)Cc1coc(-c2ccc(Cn3cnc4ccccc43)cc2)n1. The molecule has 138 valence electrons. The molecule has 0 aliphatic heterocycles. The molecule has 2 heterocycles. The van der Waals surface area contributed by atoms with Crippen molar-refractivity contribution in [3.8, 4) is 11.5 Å². The van der Waals surface area contributed by atoms with Crippen molar-refractivity contribution in [1.82, 2.24) is 19.4 Å². The maximum absolute atomic E-state index is 5.69. The molecule has 0 saturated carbocycles. The van der Waals surface area contributed by atoms with Gasteiger partial charge in [0.2, 0.25) is 5.89 Å². The summed E-state index contributed by atoms with van der Waals surface area (Å²) in [5, 5.41) is 0. The first-order valence-electron chi connectivity index (χ1n) is 9.42. The summed E-state index contributed by atoms with van der Waals surface area (Å²) in [6.07, 6.45) is 3.66. The molecule has 2 aromatic carbocycles. The summed E-state index contributed by atoms with van der Waals surface area (Å²) in [5.74, 6) is 0.678. The summed E-state index contributed by atoms with van der Waals surface area (Å²) in [4.78, 5) is 11.4. The number of imidazole rings is 1. The van der Waals surface area contributed by atoms with E-state index < -0.39 is 0 Å². The maximum Gasteiger partial charge on any atom is 0.226 e. The molecule has 0 unspecified atom stereocenters. The summed E-state index contributed by atoms with van der Waals surface area (Å²) >= 11 is 0. The van der Waals surface area contributed by atoms with Crippen LogP contribution in [0.4, 0.5) is 0 Å². The van der Waals surface area contributed by atoms with Gasteiger partial charge in [0.05, 0.1) is 23.1 Å². The number of hydrogen-bond acceptors (Lipinski definition) is 4. The van der Waals surface area contributed by atoms with Gasteiger partial charge >= 0.3 is 0 Å². The van der Waals surface area contributed by atoms with Crippen molar-refractivity contribution in [3.05, 3.63) is 72.4 Å². The molecule has 0 spiro atoms. The minimum Gasteiger partial charge on any atom is -0.444 e. The van der Waals surface area contributed by atoms with Gasteiger partial charge in [-0.1, -0.05) is 38.1 Å². The van der Waals surface area contributed by atoms with Crippen molar-refractivity contribution in [2.75, 3.05) is 13.1 Å². The Balaban J connectivity index is 1.48. The zero-order valence-corrected chi connectivity index (χ0v) is 15.8. The summed E-state index contributed by atoms with van der Waals surface area (Å²) in [6, 6.07) is 16.6. The van der Waals surface area contributed by atoms with Crippen LogP contribution in [0.2, 0.25) is 0 Å². The summed E-state index contributed by atoms with van der Waals surface area (Å²) in [7, 11) is 0. The molecule has 5 heteroatoms. The molecule has 0 N–H and O–H groups in total. The lowest BCUT2D eigenvalue weighted by molar-refractivity contribution is 0.292. The van der Waals surface area contributed by atoms with Crippen molar-refractivity contribution < 1.29 is 4.42 Å². The molecule has 0 atom stereocenters. The Bertz CT molecular complexity index is 1010. The molecule has 0 bridgehead atoms. The van der Waals surface area contributed by atoms with Crippen LogP contribution in [0.3, 0.4) is 0 Å². The fourth-order valence-corrected chi connectivity index (χ4v) is 3.27. The summed E-state index contributed by atoms with van der Waals surface area (Å²) in [6.45, 7) is 7.95. The van der Waals surface area contributed by atoms with Crippen molar-refractivity contribution >= 4 is 11.0 Å². The molecule has 5 nitrogen and oxygen atoms in total. The highest BCUT2D eigenvalue weighted by Crippen LogP contribution is 2.21. The number of oxazole rings is 1. The maximum atomic E-state index is 5.69. The normalized spacial score (nSPS) is 11.5. The van der Waals surface area contributed by atoms with E-state index in [0.717, 1.165) is 48.5 Å². The second-order valence-corrected chi connectivity index (χ2v) is 6.66. The van der Waals surface area contributed by atoms with E-state index >= 15 is 0 Å². The lowest BCUT2D eigenvalue weighted by Crippen LogP contribution is -2.22. The van der Waals surface area contributed by atoms with E-state index in [1.54, 1.807) is 6.26 Å². The third-order valence-electron chi connectivity index (χ3n) is 4.91. The summed E-state index contributed by atoms with van der Waals surface area (Å²) < 4.78 is 7.86. The Morgan fingerprint density at radius 3 is 2.56 bits per heavy atom. The Kier molecular flexibility index (Phi) is 5.03. The van der Waals surface area contributed by atoms with Crippen LogP contribution in [0.5, 0.6) is 0 Å². The van der Waals surface area contributed by atoms with Crippen molar-refractivity contribution in [1.29, 1.82) is 0 Å². The molecule has 0 aliphatic rings. The molecule has 27 heavy (non-hydrogen) atoms. The molecule has 0 fully saturated rings. The van der Waals surface area contributed by atoms with Gasteiger partial charge in [-0.05, 0) is 42.9 Å². The number of hydrogen-bond donors (Lipinski definition) is 0. The lowest BCUT2D eigenvalue weighted by atomic mass is 10.1. The number of fused-ring (bicyclic) bond motifs is 1. The van der Waals surface area contributed by atoms with Crippen molar-refractivity contribution in [2.45, 2.75) is 26.9 Å². The second-order valence-electron chi connectivity index (χ2n) is 6.66. The molecule has 0 radical (unpaired) electrons. The van der Waals surface area contributed by atoms with Crippen molar-refractivity contribution in [3.63, 3.8) is 0 Å². The van der Waals surface area contributed by atoms with E-state index in [2.05, 4.69) is 63.6 Å². The van der Waals surface area contributed by atoms with Crippen LogP contribution in [-0.2, 0) is 13.1 Å². The topological polar surface area (TPSA) is 47.1 Å². The first kappa shape index (κ1) is 17.5. The van der Waals surface area contributed by atoms with Gasteiger partial charge < -0.3 is 8.98 Å². The minimum atomic E-state index is 0.678. The zero-order chi connectivity index (χ0) is 18.6. The molecule has 4 aromatic rings.